The van der Waals surface area contributed by atoms with E-state index < -0.39 is 5.60 Å². The molecular weight excluding hydrogens is 216 g/mol. The second kappa shape index (κ2) is 6.24. The minimum absolute atomic E-state index is 0.0336. The molecule has 1 heterocycles. The highest BCUT2D eigenvalue weighted by atomic mass is 16.3. The summed E-state index contributed by atoms with van der Waals surface area (Å²) in [5, 5.41) is 12.9. The fourth-order valence-electron chi connectivity index (χ4n) is 2.43. The molecule has 0 bridgehead atoms. The molecule has 1 aliphatic heterocycles. The number of carbonyl (C=O) groups excluding carboxylic acids is 1. The third-order valence-electron chi connectivity index (χ3n) is 3.11. The van der Waals surface area contributed by atoms with Crippen molar-refractivity contribution in [1.29, 1.82) is 0 Å². The van der Waals surface area contributed by atoms with E-state index in [-0.39, 0.29) is 6.03 Å². The van der Waals surface area contributed by atoms with Crippen molar-refractivity contribution >= 4 is 6.03 Å². The Morgan fingerprint density at radius 3 is 2.47 bits per heavy atom. The fraction of sp³-hybridized carbons (Fsp3) is 0.923. The van der Waals surface area contributed by atoms with Gasteiger partial charge in [0.05, 0.1) is 5.60 Å². The van der Waals surface area contributed by atoms with Gasteiger partial charge >= 0.3 is 6.03 Å². The van der Waals surface area contributed by atoms with Crippen molar-refractivity contribution in [2.45, 2.75) is 52.1 Å². The first-order valence-electron chi connectivity index (χ1n) is 6.66. The van der Waals surface area contributed by atoms with Crippen molar-refractivity contribution in [2.75, 3.05) is 19.6 Å². The summed E-state index contributed by atoms with van der Waals surface area (Å²) in [5.74, 6) is 0.428. The van der Waals surface area contributed by atoms with Crippen LogP contribution < -0.4 is 5.32 Å². The average Bonchev–Trinajstić information content (AvgIpc) is 2.25. The molecule has 0 saturated carbocycles. The lowest BCUT2D eigenvalue weighted by Crippen LogP contribution is -2.48. The normalized spacial score (nSPS) is 20.2. The number of hydrogen-bond acceptors (Lipinski definition) is 2. The summed E-state index contributed by atoms with van der Waals surface area (Å²) in [6.45, 7) is 7.95. The number of amides is 2. The predicted molar refractivity (Wildman–Crippen MR) is 68.9 cm³/mol. The Kier molecular flexibility index (Phi) is 5.25. The lowest BCUT2D eigenvalue weighted by molar-refractivity contribution is 0.0392. The molecule has 2 N–H and O–H groups in total. The number of nitrogens with zero attached hydrogens (tertiary/aromatic N) is 1. The molecule has 4 heteroatoms. The Bertz CT molecular complexity index is 246. The highest BCUT2D eigenvalue weighted by Crippen LogP contribution is 2.15. The number of piperidine rings is 1. The van der Waals surface area contributed by atoms with Gasteiger partial charge in [0.1, 0.15) is 0 Å². The minimum Gasteiger partial charge on any atom is -0.388 e. The summed E-state index contributed by atoms with van der Waals surface area (Å²) in [6.07, 6.45) is 4.10. The summed E-state index contributed by atoms with van der Waals surface area (Å²) in [5.41, 5.74) is -0.806. The number of aliphatic hydroxyl groups is 1. The number of likely N-dealkylation sites (tertiary alicyclic amines) is 1. The van der Waals surface area contributed by atoms with E-state index in [9.17, 15) is 9.90 Å². The van der Waals surface area contributed by atoms with Gasteiger partial charge in [-0.3, -0.25) is 0 Å². The van der Waals surface area contributed by atoms with Crippen LogP contribution in [0.2, 0.25) is 0 Å². The van der Waals surface area contributed by atoms with Crippen molar-refractivity contribution < 1.29 is 9.90 Å². The third-order valence-corrected chi connectivity index (χ3v) is 3.11. The lowest BCUT2D eigenvalue weighted by Gasteiger charge is -2.30. The largest absolute Gasteiger partial charge is 0.388 e. The summed E-state index contributed by atoms with van der Waals surface area (Å²) in [7, 11) is 0. The number of rotatable bonds is 4. The maximum absolute atomic E-state index is 11.8. The van der Waals surface area contributed by atoms with E-state index in [0.29, 0.717) is 18.9 Å². The molecule has 0 aliphatic carbocycles. The second-order valence-corrected chi connectivity index (χ2v) is 5.80. The number of hydrogen-bond donors (Lipinski definition) is 2. The van der Waals surface area contributed by atoms with E-state index in [0.717, 1.165) is 25.9 Å². The van der Waals surface area contributed by atoms with Crippen LogP contribution in [0.1, 0.15) is 46.5 Å². The van der Waals surface area contributed by atoms with E-state index in [1.165, 1.54) is 6.42 Å². The van der Waals surface area contributed by atoms with E-state index in [1.54, 1.807) is 6.92 Å². The van der Waals surface area contributed by atoms with Crippen LogP contribution in [0, 0.1) is 5.92 Å². The SMILES string of the molecule is CC(C)CC(C)(O)CNC(=O)N1CCCCC1. The molecule has 1 saturated heterocycles. The molecule has 17 heavy (non-hydrogen) atoms. The number of carbonyl (C=O) groups is 1. The van der Waals surface area contributed by atoms with Gasteiger partial charge in [-0.1, -0.05) is 13.8 Å². The standard InChI is InChI=1S/C13H26N2O2/c1-11(2)9-13(3,17)10-14-12(16)15-7-5-4-6-8-15/h11,17H,4-10H2,1-3H3,(H,14,16). The fourth-order valence-corrected chi connectivity index (χ4v) is 2.43. The molecule has 0 aromatic heterocycles. The summed E-state index contributed by atoms with van der Waals surface area (Å²) in [4.78, 5) is 13.7. The van der Waals surface area contributed by atoms with E-state index in [2.05, 4.69) is 19.2 Å². The van der Waals surface area contributed by atoms with Gasteiger partial charge in [0.15, 0.2) is 0 Å². The Balaban J connectivity index is 2.31. The molecule has 1 unspecified atom stereocenters. The first-order valence-corrected chi connectivity index (χ1v) is 6.66. The summed E-state index contributed by atoms with van der Waals surface area (Å²) < 4.78 is 0. The minimum atomic E-state index is -0.806. The molecule has 4 nitrogen and oxygen atoms in total. The van der Waals surface area contributed by atoms with Crippen LogP contribution >= 0.6 is 0 Å². The topological polar surface area (TPSA) is 52.6 Å². The van der Waals surface area contributed by atoms with Gasteiger partial charge in [-0.05, 0) is 38.5 Å². The molecule has 0 radical (unpaired) electrons. The molecule has 100 valence electrons. The maximum atomic E-state index is 11.8. The van der Waals surface area contributed by atoms with Gasteiger partial charge < -0.3 is 15.3 Å². The Hall–Kier alpha value is -0.770. The smallest absolute Gasteiger partial charge is 0.317 e. The lowest BCUT2D eigenvalue weighted by atomic mass is 9.94. The van der Waals surface area contributed by atoms with Crippen LogP contribution in [0.3, 0.4) is 0 Å². The van der Waals surface area contributed by atoms with Crippen LogP contribution in [-0.2, 0) is 0 Å². The van der Waals surface area contributed by atoms with Crippen molar-refractivity contribution in [1.82, 2.24) is 10.2 Å². The van der Waals surface area contributed by atoms with Crippen molar-refractivity contribution in [3.05, 3.63) is 0 Å². The van der Waals surface area contributed by atoms with Gasteiger partial charge in [0.25, 0.3) is 0 Å². The van der Waals surface area contributed by atoms with Crippen LogP contribution in [0.5, 0.6) is 0 Å². The van der Waals surface area contributed by atoms with Gasteiger partial charge in [0, 0.05) is 19.6 Å². The summed E-state index contributed by atoms with van der Waals surface area (Å²) in [6, 6.07) is -0.0336. The Labute approximate surface area is 104 Å². The summed E-state index contributed by atoms with van der Waals surface area (Å²) >= 11 is 0. The molecule has 1 aliphatic rings. The van der Waals surface area contributed by atoms with Crippen molar-refractivity contribution in [3.8, 4) is 0 Å². The van der Waals surface area contributed by atoms with Crippen molar-refractivity contribution in [2.24, 2.45) is 5.92 Å². The van der Waals surface area contributed by atoms with Crippen LogP contribution in [0.15, 0.2) is 0 Å². The van der Waals surface area contributed by atoms with Gasteiger partial charge in [-0.15, -0.1) is 0 Å². The molecule has 2 amide bonds. The molecule has 0 aromatic carbocycles. The van der Waals surface area contributed by atoms with Crippen molar-refractivity contribution in [3.63, 3.8) is 0 Å². The zero-order chi connectivity index (χ0) is 12.9. The molecule has 0 spiro atoms. The second-order valence-electron chi connectivity index (χ2n) is 5.80. The van der Waals surface area contributed by atoms with Crippen LogP contribution in [-0.4, -0.2) is 41.3 Å². The number of nitrogens with one attached hydrogen (secondary N) is 1. The van der Waals surface area contributed by atoms with Gasteiger partial charge in [0.2, 0.25) is 0 Å². The van der Waals surface area contributed by atoms with Crippen LogP contribution in [0.4, 0.5) is 4.79 Å². The van der Waals surface area contributed by atoms with E-state index >= 15 is 0 Å². The van der Waals surface area contributed by atoms with E-state index in [1.807, 2.05) is 4.90 Å². The van der Waals surface area contributed by atoms with E-state index in [4.69, 9.17) is 0 Å². The highest BCUT2D eigenvalue weighted by molar-refractivity contribution is 5.74. The Morgan fingerprint density at radius 1 is 1.35 bits per heavy atom. The molecule has 1 fully saturated rings. The first-order chi connectivity index (χ1) is 7.91. The van der Waals surface area contributed by atoms with Crippen LogP contribution in [0.25, 0.3) is 0 Å². The maximum Gasteiger partial charge on any atom is 0.317 e. The molecular formula is C13H26N2O2. The monoisotopic (exact) mass is 242 g/mol. The quantitative estimate of drug-likeness (QED) is 0.792. The third kappa shape index (κ3) is 5.39. The first kappa shape index (κ1) is 14.3. The van der Waals surface area contributed by atoms with Gasteiger partial charge in [-0.2, -0.15) is 0 Å². The molecule has 1 atom stereocenters. The molecule has 1 rings (SSSR count). The zero-order valence-electron chi connectivity index (χ0n) is 11.3. The number of urea groups is 1. The zero-order valence-corrected chi connectivity index (χ0v) is 11.3. The molecule has 0 aromatic rings. The van der Waals surface area contributed by atoms with Gasteiger partial charge in [-0.25, -0.2) is 4.79 Å². The Morgan fingerprint density at radius 2 is 1.94 bits per heavy atom. The predicted octanol–water partition coefficient (Wildman–Crippen LogP) is 1.98. The highest BCUT2D eigenvalue weighted by Gasteiger charge is 2.24. The average molecular weight is 242 g/mol.